The molecule has 0 aliphatic heterocycles. The van der Waals surface area contributed by atoms with E-state index in [9.17, 15) is 9.90 Å². The third-order valence-corrected chi connectivity index (χ3v) is 5.82. The number of carbonyl (C=O) groups excluding carboxylic acids is 1. The maximum atomic E-state index is 12.2. The normalized spacial score (nSPS) is 12.5. The van der Waals surface area contributed by atoms with Crippen molar-refractivity contribution in [1.29, 1.82) is 0 Å². The van der Waals surface area contributed by atoms with Gasteiger partial charge in [0.25, 0.3) is 0 Å². The van der Waals surface area contributed by atoms with Crippen molar-refractivity contribution in [2.45, 2.75) is 122 Å². The van der Waals surface area contributed by atoms with Gasteiger partial charge in [0.2, 0.25) is 5.91 Å². The summed E-state index contributed by atoms with van der Waals surface area (Å²) in [6.07, 6.45) is 23.4. The summed E-state index contributed by atoms with van der Waals surface area (Å²) in [4.78, 5) is 14.1. The second-order valence-corrected chi connectivity index (χ2v) is 8.85. The molecular formula is C26H52N2O2. The first-order chi connectivity index (χ1) is 14.6. The van der Waals surface area contributed by atoms with Crippen LogP contribution in [0.2, 0.25) is 0 Å². The number of allylic oxidation sites excluding steroid dienone is 1. The number of aliphatic hydroxyl groups is 1. The van der Waals surface area contributed by atoms with Gasteiger partial charge in [-0.25, -0.2) is 0 Å². The quantitative estimate of drug-likeness (QED) is 0.160. The average Bonchev–Trinajstić information content (AvgIpc) is 2.74. The van der Waals surface area contributed by atoms with Gasteiger partial charge in [0.1, 0.15) is 0 Å². The maximum absolute atomic E-state index is 12.2. The van der Waals surface area contributed by atoms with Crippen LogP contribution in [0.5, 0.6) is 0 Å². The van der Waals surface area contributed by atoms with Crippen molar-refractivity contribution >= 4 is 5.91 Å². The Morgan fingerprint density at radius 1 is 0.900 bits per heavy atom. The van der Waals surface area contributed by atoms with E-state index in [0.29, 0.717) is 12.3 Å². The Hall–Kier alpha value is -0.870. The number of rotatable bonds is 22. The highest BCUT2D eigenvalue weighted by Gasteiger charge is 2.07. The largest absolute Gasteiger partial charge is 0.393 e. The van der Waals surface area contributed by atoms with E-state index < -0.39 is 0 Å². The summed E-state index contributed by atoms with van der Waals surface area (Å²) in [5.74, 6) is 0.307. The molecule has 0 aromatic carbocycles. The Kier molecular flexibility index (Phi) is 22.1. The molecule has 0 fully saturated rings. The maximum Gasteiger partial charge on any atom is 0.222 e. The Labute approximate surface area is 187 Å². The molecule has 0 spiro atoms. The van der Waals surface area contributed by atoms with Gasteiger partial charge in [-0.2, -0.15) is 0 Å². The lowest BCUT2D eigenvalue weighted by molar-refractivity contribution is -0.130. The number of hydrogen-bond donors (Lipinski definition) is 2. The van der Waals surface area contributed by atoms with Gasteiger partial charge >= 0.3 is 0 Å². The van der Waals surface area contributed by atoms with Gasteiger partial charge in [-0.1, -0.05) is 76.9 Å². The molecule has 0 aliphatic rings. The Bertz CT molecular complexity index is 398. The third kappa shape index (κ3) is 20.4. The lowest BCUT2D eigenvalue weighted by Gasteiger charge is -2.17. The standard InChI is InChI=1S/C26H52N2O2/c1-4-5-6-15-20-25(29)21-16-11-9-7-8-10-12-17-22-26(30)28(3)24-19-14-13-18-23-27-2/h11,16,25,27,29H,4-10,12-15,17-24H2,1-3H3/b16-11-/t25-/m1/s1. The summed E-state index contributed by atoms with van der Waals surface area (Å²) in [6.45, 7) is 4.21. The van der Waals surface area contributed by atoms with Crippen LogP contribution >= 0.6 is 0 Å². The molecule has 0 aromatic heterocycles. The molecule has 178 valence electrons. The van der Waals surface area contributed by atoms with Gasteiger partial charge in [-0.15, -0.1) is 0 Å². The number of nitrogens with one attached hydrogen (secondary N) is 1. The molecule has 1 amide bonds. The lowest BCUT2D eigenvalue weighted by atomic mass is 10.1. The van der Waals surface area contributed by atoms with Crippen LogP contribution in [-0.4, -0.2) is 49.2 Å². The monoisotopic (exact) mass is 424 g/mol. The SMILES string of the molecule is CCCCCC[C@@H](O)C/C=C\CCCCCCCC(=O)N(C)CCCCCCNC. The minimum absolute atomic E-state index is 0.160. The van der Waals surface area contributed by atoms with Crippen molar-refractivity contribution in [2.24, 2.45) is 0 Å². The first-order valence-corrected chi connectivity index (χ1v) is 12.8. The zero-order valence-corrected chi connectivity index (χ0v) is 20.5. The van der Waals surface area contributed by atoms with E-state index in [-0.39, 0.29) is 6.10 Å². The first-order valence-electron chi connectivity index (χ1n) is 12.8. The zero-order chi connectivity index (χ0) is 22.3. The van der Waals surface area contributed by atoms with Gasteiger partial charge < -0.3 is 15.3 Å². The predicted octanol–water partition coefficient (Wildman–Crippen LogP) is 6.23. The average molecular weight is 425 g/mol. The molecule has 0 bridgehead atoms. The van der Waals surface area contributed by atoms with Gasteiger partial charge in [0, 0.05) is 20.0 Å². The Balaban J connectivity index is 3.44. The highest BCUT2D eigenvalue weighted by molar-refractivity contribution is 5.75. The van der Waals surface area contributed by atoms with E-state index in [4.69, 9.17) is 0 Å². The summed E-state index contributed by atoms with van der Waals surface area (Å²) in [5, 5.41) is 13.1. The van der Waals surface area contributed by atoms with Crippen molar-refractivity contribution in [3.63, 3.8) is 0 Å². The molecule has 4 heteroatoms. The highest BCUT2D eigenvalue weighted by Crippen LogP contribution is 2.11. The fourth-order valence-corrected chi connectivity index (χ4v) is 3.68. The fourth-order valence-electron chi connectivity index (χ4n) is 3.68. The van der Waals surface area contributed by atoms with Crippen molar-refractivity contribution < 1.29 is 9.90 Å². The topological polar surface area (TPSA) is 52.6 Å². The molecule has 0 saturated carbocycles. The molecule has 0 heterocycles. The molecule has 4 nitrogen and oxygen atoms in total. The summed E-state index contributed by atoms with van der Waals surface area (Å²) in [6, 6.07) is 0. The fraction of sp³-hybridized carbons (Fsp3) is 0.885. The van der Waals surface area contributed by atoms with Crippen molar-refractivity contribution in [1.82, 2.24) is 10.2 Å². The number of unbranched alkanes of at least 4 members (excludes halogenated alkanes) is 11. The molecule has 0 unspecified atom stereocenters. The van der Waals surface area contributed by atoms with Gasteiger partial charge in [-0.05, 0) is 58.5 Å². The molecular weight excluding hydrogens is 372 g/mol. The first kappa shape index (κ1) is 29.1. The third-order valence-electron chi connectivity index (χ3n) is 5.82. The van der Waals surface area contributed by atoms with Gasteiger partial charge in [0.15, 0.2) is 0 Å². The van der Waals surface area contributed by atoms with E-state index in [1.807, 2.05) is 19.0 Å². The lowest BCUT2D eigenvalue weighted by Crippen LogP contribution is -2.27. The van der Waals surface area contributed by atoms with E-state index in [0.717, 1.165) is 58.0 Å². The molecule has 2 N–H and O–H groups in total. The molecule has 0 aromatic rings. The van der Waals surface area contributed by atoms with E-state index in [2.05, 4.69) is 24.4 Å². The molecule has 1 atom stereocenters. The minimum Gasteiger partial charge on any atom is -0.393 e. The van der Waals surface area contributed by atoms with Gasteiger partial charge in [0.05, 0.1) is 6.10 Å². The van der Waals surface area contributed by atoms with Crippen molar-refractivity contribution in [3.05, 3.63) is 12.2 Å². The van der Waals surface area contributed by atoms with Crippen molar-refractivity contribution in [2.75, 3.05) is 27.2 Å². The van der Waals surface area contributed by atoms with Crippen molar-refractivity contribution in [3.8, 4) is 0 Å². The predicted molar refractivity (Wildman–Crippen MR) is 131 cm³/mol. The number of amides is 1. The van der Waals surface area contributed by atoms with Crippen LogP contribution < -0.4 is 5.32 Å². The second-order valence-electron chi connectivity index (χ2n) is 8.85. The van der Waals surface area contributed by atoms with Crippen LogP contribution in [0, 0.1) is 0 Å². The second kappa shape index (κ2) is 22.8. The molecule has 30 heavy (non-hydrogen) atoms. The van der Waals surface area contributed by atoms with Crippen LogP contribution in [0.1, 0.15) is 116 Å². The van der Waals surface area contributed by atoms with Gasteiger partial charge in [-0.3, -0.25) is 4.79 Å². The molecule has 0 rings (SSSR count). The van der Waals surface area contributed by atoms with Crippen LogP contribution in [0.3, 0.4) is 0 Å². The number of nitrogens with zero attached hydrogens (tertiary/aromatic N) is 1. The smallest absolute Gasteiger partial charge is 0.222 e. The summed E-state index contributed by atoms with van der Waals surface area (Å²) in [5.41, 5.74) is 0. The molecule has 0 saturated heterocycles. The number of carbonyl (C=O) groups is 1. The van der Waals surface area contributed by atoms with E-state index in [1.54, 1.807) is 0 Å². The van der Waals surface area contributed by atoms with E-state index in [1.165, 1.54) is 57.8 Å². The Morgan fingerprint density at radius 2 is 1.57 bits per heavy atom. The summed E-state index contributed by atoms with van der Waals surface area (Å²) < 4.78 is 0. The summed E-state index contributed by atoms with van der Waals surface area (Å²) >= 11 is 0. The van der Waals surface area contributed by atoms with Crippen LogP contribution in [-0.2, 0) is 4.79 Å². The van der Waals surface area contributed by atoms with Crippen LogP contribution in [0.25, 0.3) is 0 Å². The highest BCUT2D eigenvalue weighted by atomic mass is 16.3. The molecule has 0 aliphatic carbocycles. The van der Waals surface area contributed by atoms with Crippen LogP contribution in [0.15, 0.2) is 12.2 Å². The summed E-state index contributed by atoms with van der Waals surface area (Å²) in [7, 11) is 3.94. The van der Waals surface area contributed by atoms with E-state index >= 15 is 0 Å². The Morgan fingerprint density at radius 3 is 2.33 bits per heavy atom. The molecule has 0 radical (unpaired) electrons. The van der Waals surface area contributed by atoms with Crippen LogP contribution in [0.4, 0.5) is 0 Å². The number of aliphatic hydroxyl groups excluding tert-OH is 1. The minimum atomic E-state index is -0.160. The number of hydrogen-bond acceptors (Lipinski definition) is 3. The zero-order valence-electron chi connectivity index (χ0n) is 20.5.